The summed E-state index contributed by atoms with van der Waals surface area (Å²) in [6.07, 6.45) is 2.94. The van der Waals surface area contributed by atoms with Crippen LogP contribution in [0.15, 0.2) is 0 Å². The molecule has 9 heavy (non-hydrogen) atoms. The van der Waals surface area contributed by atoms with Gasteiger partial charge >= 0.3 is 0 Å². The predicted molar refractivity (Wildman–Crippen MR) is 35.9 cm³/mol. The maximum Gasteiger partial charge on any atom is 0.0900 e. The Bertz CT molecular complexity index is 97.1. The van der Waals surface area contributed by atoms with Gasteiger partial charge in [-0.1, -0.05) is 0 Å². The molecule has 0 radical (unpaired) electrons. The second-order valence-electron chi connectivity index (χ2n) is 3.09. The Hall–Kier alpha value is -0.110. The summed E-state index contributed by atoms with van der Waals surface area (Å²) in [5.41, 5.74) is 5.86. The van der Waals surface area contributed by atoms with Crippen LogP contribution >= 0.6 is 0 Å². The summed E-state index contributed by atoms with van der Waals surface area (Å²) in [6, 6.07) is 0.188. The molecule has 1 unspecified atom stereocenters. The Morgan fingerprint density at radius 2 is 2.22 bits per heavy atom. The van der Waals surface area contributed by atoms with Crippen LogP contribution in [-0.2, 0) is 0 Å². The average Bonchev–Trinajstić information content (AvgIpc) is 2.49. The van der Waals surface area contributed by atoms with Crippen molar-refractivity contribution in [2.45, 2.75) is 32.2 Å². The first-order valence-corrected chi connectivity index (χ1v) is 3.53. The Morgan fingerprint density at radius 1 is 1.67 bits per heavy atom. The van der Waals surface area contributed by atoms with E-state index in [-0.39, 0.29) is 18.1 Å². The summed E-state index contributed by atoms with van der Waals surface area (Å²) in [7, 11) is 0. The highest BCUT2D eigenvalue weighted by Crippen LogP contribution is 2.50. The van der Waals surface area contributed by atoms with Gasteiger partial charge in [-0.2, -0.15) is 0 Å². The molecule has 1 aliphatic rings. The van der Waals surface area contributed by atoms with Crippen molar-refractivity contribution in [1.29, 1.82) is 0 Å². The van der Waals surface area contributed by atoms with Gasteiger partial charge in [0.05, 0.1) is 6.67 Å². The number of halogens is 1. The zero-order valence-electron chi connectivity index (χ0n) is 5.86. The van der Waals surface area contributed by atoms with Gasteiger partial charge in [0, 0.05) is 6.04 Å². The molecule has 1 saturated carbocycles. The topological polar surface area (TPSA) is 26.0 Å². The van der Waals surface area contributed by atoms with Gasteiger partial charge in [0.15, 0.2) is 0 Å². The van der Waals surface area contributed by atoms with Gasteiger partial charge in [-0.25, -0.2) is 0 Å². The second kappa shape index (κ2) is 2.25. The molecular weight excluding hydrogens is 117 g/mol. The maximum absolute atomic E-state index is 11.8. The minimum Gasteiger partial charge on any atom is -0.327 e. The fourth-order valence-corrected chi connectivity index (χ4v) is 1.28. The lowest BCUT2D eigenvalue weighted by atomic mass is 9.95. The van der Waals surface area contributed by atoms with Crippen molar-refractivity contribution >= 4 is 0 Å². The number of alkyl halides is 1. The van der Waals surface area contributed by atoms with E-state index in [1.807, 2.05) is 6.92 Å². The first-order valence-electron chi connectivity index (χ1n) is 3.53. The van der Waals surface area contributed by atoms with E-state index in [0.29, 0.717) is 6.42 Å². The van der Waals surface area contributed by atoms with E-state index >= 15 is 0 Å². The smallest absolute Gasteiger partial charge is 0.0900 e. The van der Waals surface area contributed by atoms with Gasteiger partial charge in [0.2, 0.25) is 0 Å². The fourth-order valence-electron chi connectivity index (χ4n) is 1.28. The molecule has 0 amide bonds. The highest BCUT2D eigenvalue weighted by molar-refractivity contribution is 4.98. The SMILES string of the molecule is CC(N)C1(CCF)CC1. The van der Waals surface area contributed by atoms with Crippen LogP contribution in [0.4, 0.5) is 4.39 Å². The highest BCUT2D eigenvalue weighted by Gasteiger charge is 2.45. The van der Waals surface area contributed by atoms with Crippen LogP contribution in [0.1, 0.15) is 26.2 Å². The maximum atomic E-state index is 11.8. The third kappa shape index (κ3) is 1.23. The van der Waals surface area contributed by atoms with Gasteiger partial charge in [0.1, 0.15) is 0 Å². The molecule has 1 nitrogen and oxygen atoms in total. The first kappa shape index (κ1) is 7.00. The molecule has 0 aliphatic heterocycles. The van der Waals surface area contributed by atoms with Gasteiger partial charge < -0.3 is 5.73 Å². The Morgan fingerprint density at radius 3 is 2.33 bits per heavy atom. The molecule has 0 heterocycles. The van der Waals surface area contributed by atoms with Gasteiger partial charge in [-0.15, -0.1) is 0 Å². The Labute approximate surface area is 55.4 Å². The molecule has 1 aliphatic carbocycles. The number of rotatable bonds is 3. The summed E-state index contributed by atoms with van der Waals surface area (Å²) in [5, 5.41) is 0. The van der Waals surface area contributed by atoms with Crippen molar-refractivity contribution in [3.05, 3.63) is 0 Å². The van der Waals surface area contributed by atoms with Crippen LogP contribution in [0.25, 0.3) is 0 Å². The zero-order valence-corrected chi connectivity index (χ0v) is 5.86. The number of hydrogen-bond acceptors (Lipinski definition) is 1. The fraction of sp³-hybridized carbons (Fsp3) is 1.00. The van der Waals surface area contributed by atoms with Crippen molar-refractivity contribution in [3.8, 4) is 0 Å². The van der Waals surface area contributed by atoms with Crippen LogP contribution in [0, 0.1) is 5.41 Å². The lowest BCUT2D eigenvalue weighted by Crippen LogP contribution is -2.28. The van der Waals surface area contributed by atoms with Crippen LogP contribution in [-0.4, -0.2) is 12.7 Å². The highest BCUT2D eigenvalue weighted by atomic mass is 19.1. The van der Waals surface area contributed by atoms with Crippen molar-refractivity contribution in [1.82, 2.24) is 0 Å². The molecule has 1 fully saturated rings. The van der Waals surface area contributed by atoms with Crippen LogP contribution < -0.4 is 5.73 Å². The molecule has 0 spiro atoms. The third-order valence-corrected chi connectivity index (χ3v) is 2.45. The van der Waals surface area contributed by atoms with E-state index in [0.717, 1.165) is 12.8 Å². The van der Waals surface area contributed by atoms with Crippen molar-refractivity contribution in [3.63, 3.8) is 0 Å². The number of nitrogens with two attached hydrogens (primary N) is 1. The van der Waals surface area contributed by atoms with E-state index in [1.165, 1.54) is 0 Å². The quantitative estimate of drug-likeness (QED) is 0.616. The minimum absolute atomic E-state index is 0.188. The lowest BCUT2D eigenvalue weighted by Gasteiger charge is -2.16. The standard InChI is InChI=1S/C7H14FN/c1-6(9)7(2-3-7)4-5-8/h6H,2-5,9H2,1H3. The number of hydrogen-bond donors (Lipinski definition) is 1. The molecule has 0 aromatic heterocycles. The van der Waals surface area contributed by atoms with Gasteiger partial charge in [-0.05, 0) is 31.6 Å². The summed E-state index contributed by atoms with van der Waals surface area (Å²) in [4.78, 5) is 0. The molecule has 2 N–H and O–H groups in total. The lowest BCUT2D eigenvalue weighted by molar-refractivity contribution is 0.330. The van der Waals surface area contributed by atoms with Gasteiger partial charge in [-0.3, -0.25) is 4.39 Å². The molecule has 0 aromatic rings. The van der Waals surface area contributed by atoms with Crippen LogP contribution in [0.2, 0.25) is 0 Å². The third-order valence-electron chi connectivity index (χ3n) is 2.45. The summed E-state index contributed by atoms with van der Waals surface area (Å²) in [5.74, 6) is 0. The molecule has 2 heteroatoms. The van der Waals surface area contributed by atoms with Crippen LogP contribution in [0.3, 0.4) is 0 Å². The van der Waals surface area contributed by atoms with Crippen molar-refractivity contribution in [2.24, 2.45) is 11.1 Å². The van der Waals surface area contributed by atoms with Crippen LogP contribution in [0.5, 0.6) is 0 Å². The molecule has 0 aromatic carbocycles. The van der Waals surface area contributed by atoms with E-state index < -0.39 is 0 Å². The normalized spacial score (nSPS) is 25.7. The first-order chi connectivity index (χ1) is 4.21. The van der Waals surface area contributed by atoms with E-state index in [4.69, 9.17) is 5.73 Å². The Kier molecular flexibility index (Phi) is 1.75. The molecule has 0 bridgehead atoms. The average molecular weight is 131 g/mol. The molecule has 54 valence electrons. The van der Waals surface area contributed by atoms with Gasteiger partial charge in [0.25, 0.3) is 0 Å². The summed E-state index contributed by atoms with van der Waals surface area (Å²) < 4.78 is 11.8. The van der Waals surface area contributed by atoms with E-state index in [2.05, 4.69) is 0 Å². The molecule has 1 rings (SSSR count). The Balaban J connectivity index is 2.33. The van der Waals surface area contributed by atoms with Crippen molar-refractivity contribution < 1.29 is 4.39 Å². The predicted octanol–water partition coefficient (Wildman–Crippen LogP) is 1.47. The molecule has 1 atom stereocenters. The zero-order chi connectivity index (χ0) is 6.91. The molecule has 0 saturated heterocycles. The minimum atomic E-state index is -0.207. The van der Waals surface area contributed by atoms with E-state index in [1.54, 1.807) is 0 Å². The molecular formula is C7H14FN. The largest absolute Gasteiger partial charge is 0.327 e. The summed E-state index contributed by atoms with van der Waals surface area (Å²) in [6.45, 7) is 1.77. The van der Waals surface area contributed by atoms with Crippen molar-refractivity contribution in [2.75, 3.05) is 6.67 Å². The monoisotopic (exact) mass is 131 g/mol. The van der Waals surface area contributed by atoms with E-state index in [9.17, 15) is 4.39 Å². The summed E-state index contributed by atoms with van der Waals surface area (Å²) >= 11 is 0. The second-order valence-corrected chi connectivity index (χ2v) is 3.09.